The van der Waals surface area contributed by atoms with Gasteiger partial charge in [0.05, 0.1) is 16.8 Å². The van der Waals surface area contributed by atoms with E-state index in [4.69, 9.17) is 5.73 Å². The number of hydrogen-bond acceptors (Lipinski definition) is 4. The molecule has 3 N–H and O–H groups in total. The molecule has 1 aromatic carbocycles. The number of aromatic nitrogens is 1. The summed E-state index contributed by atoms with van der Waals surface area (Å²) in [7, 11) is 0. The molecule has 0 bridgehead atoms. The zero-order valence-corrected chi connectivity index (χ0v) is 12.1. The summed E-state index contributed by atoms with van der Waals surface area (Å²) in [5.74, 6) is 0. The molecule has 3 rings (SSSR count). The minimum atomic E-state index is -0.157. The van der Waals surface area contributed by atoms with Crippen molar-refractivity contribution in [3.8, 4) is 6.07 Å². The number of nitrogens with zero attached hydrogens (tertiary/aromatic N) is 2. The fraction of sp³-hybridized carbons (Fsp3) is 0.412. The molecule has 1 saturated carbocycles. The number of nitrogens with one attached hydrogen (secondary N) is 1. The average Bonchev–Trinajstić information content (AvgIpc) is 2.53. The molecule has 0 spiro atoms. The molecule has 1 aliphatic carbocycles. The van der Waals surface area contributed by atoms with Crippen molar-refractivity contribution in [3.63, 3.8) is 0 Å². The van der Waals surface area contributed by atoms with E-state index in [1.165, 1.54) is 19.3 Å². The van der Waals surface area contributed by atoms with Crippen molar-refractivity contribution in [1.29, 1.82) is 5.26 Å². The van der Waals surface area contributed by atoms with Crippen molar-refractivity contribution in [2.75, 3.05) is 11.9 Å². The van der Waals surface area contributed by atoms with Crippen LogP contribution < -0.4 is 11.1 Å². The summed E-state index contributed by atoms with van der Waals surface area (Å²) in [5, 5.41) is 13.7. The first-order valence-corrected chi connectivity index (χ1v) is 7.52. The van der Waals surface area contributed by atoms with E-state index in [2.05, 4.69) is 16.4 Å². The van der Waals surface area contributed by atoms with Gasteiger partial charge in [0.2, 0.25) is 0 Å². The van der Waals surface area contributed by atoms with Crippen LogP contribution in [0.1, 0.15) is 37.7 Å². The van der Waals surface area contributed by atoms with E-state index in [0.29, 0.717) is 12.1 Å². The molecule has 0 saturated heterocycles. The van der Waals surface area contributed by atoms with Gasteiger partial charge in [0, 0.05) is 23.7 Å². The van der Waals surface area contributed by atoms with Crippen LogP contribution in [0.2, 0.25) is 0 Å². The summed E-state index contributed by atoms with van der Waals surface area (Å²) in [6.45, 7) is 0.704. The summed E-state index contributed by atoms with van der Waals surface area (Å²) >= 11 is 0. The predicted molar refractivity (Wildman–Crippen MR) is 85.0 cm³/mol. The summed E-state index contributed by atoms with van der Waals surface area (Å²) < 4.78 is 0. The molecule has 0 amide bonds. The van der Waals surface area contributed by atoms with Gasteiger partial charge in [0.25, 0.3) is 0 Å². The Bertz CT molecular complexity index is 681. The van der Waals surface area contributed by atoms with E-state index in [1.54, 1.807) is 6.20 Å². The van der Waals surface area contributed by atoms with E-state index in [9.17, 15) is 5.26 Å². The van der Waals surface area contributed by atoms with Gasteiger partial charge in [-0.2, -0.15) is 5.26 Å². The molecule has 0 aliphatic heterocycles. The number of pyridine rings is 1. The number of fused-ring (bicyclic) bond motifs is 1. The highest BCUT2D eigenvalue weighted by Gasteiger charge is 2.27. The van der Waals surface area contributed by atoms with Crippen LogP contribution in [0.4, 0.5) is 5.69 Å². The third kappa shape index (κ3) is 2.84. The fourth-order valence-corrected chi connectivity index (χ4v) is 3.11. The van der Waals surface area contributed by atoms with E-state index in [0.717, 1.165) is 29.4 Å². The van der Waals surface area contributed by atoms with Crippen molar-refractivity contribution in [3.05, 3.63) is 36.0 Å². The second kappa shape index (κ2) is 5.71. The minimum Gasteiger partial charge on any atom is -0.382 e. The Hall–Kier alpha value is -2.12. The summed E-state index contributed by atoms with van der Waals surface area (Å²) in [4.78, 5) is 4.33. The van der Waals surface area contributed by atoms with Gasteiger partial charge in [-0.25, -0.2) is 0 Å². The van der Waals surface area contributed by atoms with Crippen molar-refractivity contribution in [1.82, 2.24) is 4.98 Å². The number of anilines is 1. The van der Waals surface area contributed by atoms with Crippen LogP contribution in [0.5, 0.6) is 0 Å². The maximum Gasteiger partial charge on any atom is 0.103 e. The van der Waals surface area contributed by atoms with Crippen LogP contribution in [0.3, 0.4) is 0 Å². The zero-order valence-electron chi connectivity index (χ0n) is 12.1. The highest BCUT2D eigenvalue weighted by molar-refractivity contribution is 5.93. The van der Waals surface area contributed by atoms with Gasteiger partial charge in [-0.05, 0) is 18.9 Å². The molecule has 4 nitrogen and oxygen atoms in total. The van der Waals surface area contributed by atoms with Gasteiger partial charge in [0.15, 0.2) is 0 Å². The summed E-state index contributed by atoms with van der Waals surface area (Å²) in [6, 6.07) is 10.1. The van der Waals surface area contributed by atoms with Crippen molar-refractivity contribution >= 4 is 16.6 Å². The third-order valence-electron chi connectivity index (χ3n) is 4.36. The number of benzene rings is 1. The molecular formula is C17H20N4. The first-order chi connectivity index (χ1) is 10.2. The second-order valence-electron chi connectivity index (χ2n) is 5.95. The normalized spacial score (nSPS) is 17.3. The molecule has 1 aliphatic rings. The summed E-state index contributed by atoms with van der Waals surface area (Å²) in [6.07, 6.45) is 7.39. The first kappa shape index (κ1) is 13.8. The monoisotopic (exact) mass is 280 g/mol. The maximum atomic E-state index is 9.32. The molecule has 0 unspecified atom stereocenters. The lowest BCUT2D eigenvalue weighted by molar-refractivity contribution is 0.311. The predicted octanol–water partition coefficient (Wildman–Crippen LogP) is 3.18. The van der Waals surface area contributed by atoms with Gasteiger partial charge in [-0.3, -0.25) is 4.98 Å². The minimum absolute atomic E-state index is 0.157. The lowest BCUT2D eigenvalue weighted by atomic mass is 9.82. The largest absolute Gasteiger partial charge is 0.382 e. The molecule has 4 heteroatoms. The highest BCUT2D eigenvalue weighted by atomic mass is 15.0. The molecule has 1 heterocycles. The maximum absolute atomic E-state index is 9.32. The SMILES string of the molecule is N#Cc1cnc2ccccc2c1NCC1(N)CCCCC1. The Labute approximate surface area is 125 Å². The van der Waals surface area contributed by atoms with E-state index in [1.807, 2.05) is 24.3 Å². The van der Waals surface area contributed by atoms with Gasteiger partial charge in [-0.1, -0.05) is 37.5 Å². The topological polar surface area (TPSA) is 74.7 Å². The van der Waals surface area contributed by atoms with E-state index < -0.39 is 0 Å². The lowest BCUT2D eigenvalue weighted by Gasteiger charge is -2.34. The first-order valence-electron chi connectivity index (χ1n) is 7.52. The fourth-order valence-electron chi connectivity index (χ4n) is 3.11. The standard InChI is InChI=1S/C17H20N4/c18-10-13-11-20-15-7-3-2-6-14(15)16(13)21-12-17(19)8-4-1-5-9-17/h2-3,6-7,11H,1,4-5,8-9,12,19H2,(H,20,21). The molecule has 1 aromatic heterocycles. The van der Waals surface area contributed by atoms with Crippen LogP contribution in [-0.2, 0) is 0 Å². The molecule has 0 radical (unpaired) electrons. The molecule has 108 valence electrons. The number of nitriles is 1. The Balaban J connectivity index is 1.90. The zero-order chi connectivity index (χ0) is 14.7. The Morgan fingerprint density at radius 2 is 2.00 bits per heavy atom. The molecule has 0 atom stereocenters. The lowest BCUT2D eigenvalue weighted by Crippen LogP contribution is -2.47. The van der Waals surface area contributed by atoms with Gasteiger partial charge < -0.3 is 11.1 Å². The Morgan fingerprint density at radius 1 is 1.24 bits per heavy atom. The van der Waals surface area contributed by atoms with Crippen molar-refractivity contribution in [2.24, 2.45) is 5.73 Å². The Morgan fingerprint density at radius 3 is 2.76 bits per heavy atom. The Kier molecular flexibility index (Phi) is 3.76. The van der Waals surface area contributed by atoms with Crippen LogP contribution in [0.15, 0.2) is 30.5 Å². The molecular weight excluding hydrogens is 260 g/mol. The highest BCUT2D eigenvalue weighted by Crippen LogP contribution is 2.29. The smallest absolute Gasteiger partial charge is 0.103 e. The van der Waals surface area contributed by atoms with Crippen LogP contribution in [0.25, 0.3) is 10.9 Å². The molecule has 1 fully saturated rings. The number of nitrogens with two attached hydrogens (primary N) is 1. The second-order valence-corrected chi connectivity index (χ2v) is 5.95. The van der Waals surface area contributed by atoms with Crippen LogP contribution >= 0.6 is 0 Å². The van der Waals surface area contributed by atoms with Gasteiger partial charge in [-0.15, -0.1) is 0 Å². The number of para-hydroxylation sites is 1. The number of rotatable bonds is 3. The molecule has 2 aromatic rings. The molecule has 21 heavy (non-hydrogen) atoms. The number of hydrogen-bond donors (Lipinski definition) is 2. The van der Waals surface area contributed by atoms with Gasteiger partial charge >= 0.3 is 0 Å². The third-order valence-corrected chi connectivity index (χ3v) is 4.36. The van der Waals surface area contributed by atoms with Crippen LogP contribution in [-0.4, -0.2) is 17.1 Å². The van der Waals surface area contributed by atoms with Crippen molar-refractivity contribution < 1.29 is 0 Å². The summed E-state index contributed by atoms with van der Waals surface area (Å²) in [5.41, 5.74) is 8.66. The van der Waals surface area contributed by atoms with E-state index >= 15 is 0 Å². The van der Waals surface area contributed by atoms with Gasteiger partial charge in [0.1, 0.15) is 6.07 Å². The average molecular weight is 280 g/mol. The van der Waals surface area contributed by atoms with E-state index in [-0.39, 0.29) is 5.54 Å². The van der Waals surface area contributed by atoms with Crippen molar-refractivity contribution in [2.45, 2.75) is 37.6 Å². The quantitative estimate of drug-likeness (QED) is 0.905. The van der Waals surface area contributed by atoms with Crippen LogP contribution in [0, 0.1) is 11.3 Å².